The third-order valence-corrected chi connectivity index (χ3v) is 4.97. The van der Waals surface area contributed by atoms with Crippen LogP contribution in [-0.4, -0.2) is 12.6 Å². The maximum absolute atomic E-state index is 12.1. The summed E-state index contributed by atoms with van der Waals surface area (Å²) in [5.41, 5.74) is 3.76. The van der Waals surface area contributed by atoms with E-state index in [9.17, 15) is 9.59 Å². The molecule has 152 valence electrons. The molecule has 3 rings (SSSR count). The van der Waals surface area contributed by atoms with Crippen LogP contribution < -0.4 is 10.4 Å². The van der Waals surface area contributed by atoms with E-state index >= 15 is 0 Å². The van der Waals surface area contributed by atoms with Crippen molar-refractivity contribution in [3.05, 3.63) is 74.1 Å². The van der Waals surface area contributed by atoms with Crippen molar-refractivity contribution in [2.75, 3.05) is 6.61 Å². The molecule has 0 saturated carbocycles. The monoisotopic (exact) mass is 414 g/mol. The van der Waals surface area contributed by atoms with Crippen LogP contribution in [0.5, 0.6) is 5.75 Å². The number of carbonyl (C=O) groups excluding carboxylic acids is 1. The fraction of sp³-hybridized carbons (Fsp3) is 0.304. The highest BCUT2D eigenvalue weighted by Crippen LogP contribution is 2.27. The number of benzene rings is 2. The van der Waals surface area contributed by atoms with E-state index in [0.29, 0.717) is 27.8 Å². The van der Waals surface area contributed by atoms with Crippen molar-refractivity contribution in [1.29, 1.82) is 0 Å². The summed E-state index contributed by atoms with van der Waals surface area (Å²) in [7, 11) is 0. The second-order valence-electron chi connectivity index (χ2n) is 7.33. The molecule has 0 amide bonds. The maximum atomic E-state index is 12.1. The second-order valence-corrected chi connectivity index (χ2v) is 7.74. The number of hydrogen-bond acceptors (Lipinski definition) is 5. The van der Waals surface area contributed by atoms with Crippen LogP contribution in [0.3, 0.4) is 0 Å². The first-order chi connectivity index (χ1) is 13.7. The zero-order valence-electron chi connectivity index (χ0n) is 16.9. The summed E-state index contributed by atoms with van der Waals surface area (Å²) < 4.78 is 16.1. The number of halogens is 1. The van der Waals surface area contributed by atoms with E-state index in [1.54, 1.807) is 12.1 Å². The Balaban J connectivity index is 1.75. The van der Waals surface area contributed by atoms with E-state index in [0.717, 1.165) is 22.1 Å². The molecule has 0 N–H and O–H groups in total. The van der Waals surface area contributed by atoms with Crippen molar-refractivity contribution < 1.29 is 18.7 Å². The minimum absolute atomic E-state index is 0.0492. The third-order valence-electron chi connectivity index (χ3n) is 4.66. The van der Waals surface area contributed by atoms with Crippen molar-refractivity contribution in [3.8, 4) is 5.75 Å². The molecule has 0 aliphatic carbocycles. The largest absolute Gasteiger partial charge is 0.480 e. The normalized spacial score (nSPS) is 11.1. The van der Waals surface area contributed by atoms with E-state index in [2.05, 4.69) is 13.8 Å². The molecule has 2 aromatic carbocycles. The van der Waals surface area contributed by atoms with E-state index in [1.165, 1.54) is 6.07 Å². The van der Waals surface area contributed by atoms with Crippen molar-refractivity contribution in [1.82, 2.24) is 0 Å². The van der Waals surface area contributed by atoms with Gasteiger partial charge in [0.05, 0.1) is 5.02 Å². The minimum Gasteiger partial charge on any atom is -0.480 e. The molecule has 6 heteroatoms. The van der Waals surface area contributed by atoms with Gasteiger partial charge in [-0.15, -0.1) is 0 Å². The van der Waals surface area contributed by atoms with Gasteiger partial charge in [-0.3, -0.25) is 0 Å². The summed E-state index contributed by atoms with van der Waals surface area (Å²) in [5.74, 6) is 0.181. The van der Waals surface area contributed by atoms with Gasteiger partial charge in [0, 0.05) is 17.0 Å². The zero-order valence-corrected chi connectivity index (χ0v) is 17.6. The Morgan fingerprint density at radius 2 is 1.90 bits per heavy atom. The highest BCUT2D eigenvalue weighted by atomic mass is 35.5. The van der Waals surface area contributed by atoms with Crippen LogP contribution in [0.2, 0.25) is 5.02 Å². The van der Waals surface area contributed by atoms with Crippen LogP contribution in [0.4, 0.5) is 0 Å². The Kier molecular flexibility index (Phi) is 6.28. The van der Waals surface area contributed by atoms with Gasteiger partial charge in [0.1, 0.15) is 17.9 Å². The number of esters is 1. The molecule has 0 aliphatic heterocycles. The molecule has 0 radical (unpaired) electrons. The Bertz CT molecular complexity index is 1110. The van der Waals surface area contributed by atoms with Crippen LogP contribution >= 0.6 is 11.6 Å². The Morgan fingerprint density at radius 3 is 2.62 bits per heavy atom. The lowest BCUT2D eigenvalue weighted by atomic mass is 9.95. The molecule has 0 spiro atoms. The molecular formula is C23H23ClO5. The van der Waals surface area contributed by atoms with Gasteiger partial charge in [0.15, 0.2) is 6.61 Å². The molecule has 0 fully saturated rings. The van der Waals surface area contributed by atoms with E-state index in [1.807, 2.05) is 32.0 Å². The Morgan fingerprint density at radius 1 is 1.14 bits per heavy atom. The fourth-order valence-electron chi connectivity index (χ4n) is 3.19. The molecule has 1 aromatic heterocycles. The van der Waals surface area contributed by atoms with E-state index in [4.69, 9.17) is 25.5 Å². The highest BCUT2D eigenvalue weighted by Gasteiger charge is 2.14. The molecule has 1 heterocycles. The number of carbonyl (C=O) groups is 1. The Labute approximate surface area is 174 Å². The molecular weight excluding hydrogens is 392 g/mol. The number of ether oxygens (including phenoxy) is 2. The molecule has 3 aromatic rings. The quantitative estimate of drug-likeness (QED) is 0.404. The van der Waals surface area contributed by atoms with Gasteiger partial charge in [0.25, 0.3) is 0 Å². The lowest BCUT2D eigenvalue weighted by molar-refractivity contribution is -0.147. The zero-order chi connectivity index (χ0) is 21.1. The summed E-state index contributed by atoms with van der Waals surface area (Å²) in [6, 6.07) is 10.5. The molecule has 29 heavy (non-hydrogen) atoms. The van der Waals surface area contributed by atoms with Gasteiger partial charge < -0.3 is 13.9 Å². The average Bonchev–Trinajstić information content (AvgIpc) is 2.65. The topological polar surface area (TPSA) is 65.7 Å². The third kappa shape index (κ3) is 4.98. The summed E-state index contributed by atoms with van der Waals surface area (Å²) in [6.45, 7) is 7.75. The fourth-order valence-corrected chi connectivity index (χ4v) is 3.36. The van der Waals surface area contributed by atoms with Crippen LogP contribution in [0, 0.1) is 13.8 Å². The lowest BCUT2D eigenvalue weighted by Gasteiger charge is -2.13. The molecule has 5 nitrogen and oxygen atoms in total. The van der Waals surface area contributed by atoms with Crippen molar-refractivity contribution in [2.45, 2.75) is 40.2 Å². The number of fused-ring (bicyclic) bond motifs is 1. The standard InChI is InChI=1S/C23H23ClO5/c1-13(2)17-10-18-16(9-22(25)29-20(18)8-15(17)4)11-28-23(26)12-27-21-7-14(3)5-6-19(21)24/h5-10,13H,11-12H2,1-4H3. The van der Waals surface area contributed by atoms with Crippen LogP contribution in [0.25, 0.3) is 11.0 Å². The molecule has 0 aliphatic rings. The first-order valence-corrected chi connectivity index (χ1v) is 9.74. The summed E-state index contributed by atoms with van der Waals surface area (Å²) in [5, 5.41) is 1.18. The van der Waals surface area contributed by atoms with Gasteiger partial charge in [-0.25, -0.2) is 9.59 Å². The van der Waals surface area contributed by atoms with Gasteiger partial charge in [-0.05, 0) is 60.7 Å². The second kappa shape index (κ2) is 8.70. The van der Waals surface area contributed by atoms with Crippen molar-refractivity contribution in [2.24, 2.45) is 0 Å². The number of rotatable bonds is 6. The van der Waals surface area contributed by atoms with Gasteiger partial charge in [-0.2, -0.15) is 0 Å². The lowest BCUT2D eigenvalue weighted by Crippen LogP contribution is -2.15. The predicted molar refractivity (Wildman–Crippen MR) is 113 cm³/mol. The van der Waals surface area contributed by atoms with Crippen LogP contribution in [-0.2, 0) is 16.1 Å². The average molecular weight is 415 g/mol. The first-order valence-electron chi connectivity index (χ1n) is 9.36. The van der Waals surface area contributed by atoms with Crippen LogP contribution in [0.1, 0.15) is 42.0 Å². The Hall–Kier alpha value is -2.79. The summed E-state index contributed by atoms with van der Waals surface area (Å²) >= 11 is 6.07. The van der Waals surface area contributed by atoms with Gasteiger partial charge in [-0.1, -0.05) is 31.5 Å². The minimum atomic E-state index is -0.555. The predicted octanol–water partition coefficient (Wildman–Crippen LogP) is 5.31. The van der Waals surface area contributed by atoms with Crippen molar-refractivity contribution in [3.63, 3.8) is 0 Å². The highest BCUT2D eigenvalue weighted by molar-refractivity contribution is 6.32. The van der Waals surface area contributed by atoms with E-state index in [-0.39, 0.29) is 13.2 Å². The van der Waals surface area contributed by atoms with Crippen molar-refractivity contribution >= 4 is 28.5 Å². The number of aryl methyl sites for hydroxylation is 2. The molecule has 0 atom stereocenters. The summed E-state index contributed by atoms with van der Waals surface area (Å²) in [4.78, 5) is 24.1. The van der Waals surface area contributed by atoms with Crippen LogP contribution in [0.15, 0.2) is 45.6 Å². The first kappa shape index (κ1) is 20.9. The number of hydrogen-bond donors (Lipinski definition) is 0. The van der Waals surface area contributed by atoms with Gasteiger partial charge >= 0.3 is 11.6 Å². The smallest absolute Gasteiger partial charge is 0.344 e. The molecule has 0 saturated heterocycles. The molecule has 0 bridgehead atoms. The SMILES string of the molecule is Cc1ccc(Cl)c(OCC(=O)OCc2cc(=O)oc3cc(C)c(C(C)C)cc23)c1. The van der Waals surface area contributed by atoms with Gasteiger partial charge in [0.2, 0.25) is 0 Å². The molecule has 0 unspecified atom stereocenters. The maximum Gasteiger partial charge on any atom is 0.344 e. The summed E-state index contributed by atoms with van der Waals surface area (Å²) in [6.07, 6.45) is 0. The van der Waals surface area contributed by atoms with E-state index < -0.39 is 11.6 Å².